The molecule has 0 spiro atoms. The lowest BCUT2D eigenvalue weighted by Gasteiger charge is -2.18. The highest BCUT2D eigenvalue weighted by Gasteiger charge is 2.31. The minimum atomic E-state index is -4.73. The van der Waals surface area contributed by atoms with Crippen LogP contribution in [0.5, 0.6) is 5.75 Å². The number of ether oxygens (including phenoxy) is 1. The number of rotatable bonds is 5. The van der Waals surface area contributed by atoms with Gasteiger partial charge in [-0.2, -0.15) is 0 Å². The Kier molecular flexibility index (Phi) is 5.40. The fourth-order valence-corrected chi connectivity index (χ4v) is 2.90. The van der Waals surface area contributed by atoms with Crippen molar-refractivity contribution >= 4 is 22.9 Å². The van der Waals surface area contributed by atoms with Crippen molar-refractivity contribution in [3.63, 3.8) is 0 Å². The van der Waals surface area contributed by atoms with E-state index in [1.807, 2.05) is 0 Å². The highest BCUT2D eigenvalue weighted by molar-refractivity contribution is 8.13. The van der Waals surface area contributed by atoms with Crippen molar-refractivity contribution in [3.8, 4) is 5.75 Å². The van der Waals surface area contributed by atoms with Crippen molar-refractivity contribution in [3.05, 3.63) is 29.8 Å². The predicted octanol–water partition coefficient (Wildman–Crippen LogP) is 2.93. The van der Waals surface area contributed by atoms with Gasteiger partial charge in [-0.05, 0) is 24.6 Å². The van der Waals surface area contributed by atoms with Crippen molar-refractivity contribution in [1.29, 1.82) is 0 Å². The number of carbonyl (C=O) groups excluding carboxylic acids is 2. The monoisotopic (exact) mass is 348 g/mol. The average Bonchev–Trinajstić information content (AvgIpc) is 2.83. The smallest absolute Gasteiger partial charge is 0.406 e. The van der Waals surface area contributed by atoms with E-state index in [0.717, 1.165) is 0 Å². The van der Waals surface area contributed by atoms with E-state index >= 15 is 0 Å². The molecule has 1 N–H and O–H groups in total. The Hall–Kier alpha value is -1.90. The van der Waals surface area contributed by atoms with Gasteiger partial charge in [-0.1, -0.05) is 23.9 Å². The normalized spacial score (nSPS) is 16.3. The first kappa shape index (κ1) is 17.5. The Morgan fingerprint density at radius 3 is 2.57 bits per heavy atom. The molecule has 0 aromatic heterocycles. The zero-order chi connectivity index (χ0) is 17.0. The van der Waals surface area contributed by atoms with Crippen LogP contribution in [0.25, 0.3) is 0 Å². The molecule has 0 radical (unpaired) electrons. The van der Waals surface area contributed by atoms with Gasteiger partial charge in [0.2, 0.25) is 5.91 Å². The van der Waals surface area contributed by atoms with Crippen molar-refractivity contribution in [2.24, 2.45) is 0 Å². The van der Waals surface area contributed by atoms with Crippen LogP contribution in [0.1, 0.15) is 18.5 Å². The van der Waals surface area contributed by atoms with Crippen molar-refractivity contribution < 1.29 is 27.5 Å². The molecule has 23 heavy (non-hydrogen) atoms. The van der Waals surface area contributed by atoms with Crippen molar-refractivity contribution in [2.75, 3.05) is 18.8 Å². The van der Waals surface area contributed by atoms with E-state index in [-0.39, 0.29) is 23.4 Å². The first-order valence-electron chi connectivity index (χ1n) is 6.81. The van der Waals surface area contributed by atoms with Gasteiger partial charge in [-0.25, -0.2) is 0 Å². The molecular formula is C14H15F3N2O3S. The van der Waals surface area contributed by atoms with E-state index in [4.69, 9.17) is 0 Å². The van der Waals surface area contributed by atoms with Crippen LogP contribution in [-0.2, 0) is 4.79 Å². The Bertz CT molecular complexity index is 578. The fraction of sp³-hybridized carbons (Fsp3) is 0.429. The molecule has 5 nitrogen and oxygen atoms in total. The molecule has 0 aliphatic carbocycles. The lowest BCUT2D eigenvalue weighted by molar-refractivity contribution is -0.274. The number of amides is 2. The largest absolute Gasteiger partial charge is 0.573 e. The minimum Gasteiger partial charge on any atom is -0.406 e. The van der Waals surface area contributed by atoms with Crippen LogP contribution in [0, 0.1) is 0 Å². The molecule has 0 bridgehead atoms. The van der Waals surface area contributed by atoms with E-state index in [9.17, 15) is 22.8 Å². The SMILES string of the molecule is C[C@@H](NC(=O)CN1CCSC1=O)c1ccc(OC(F)(F)F)cc1. The maximum Gasteiger partial charge on any atom is 0.573 e. The molecule has 2 rings (SSSR count). The summed E-state index contributed by atoms with van der Waals surface area (Å²) in [7, 11) is 0. The van der Waals surface area contributed by atoms with Crippen LogP contribution in [0.3, 0.4) is 0 Å². The number of nitrogens with one attached hydrogen (secondary N) is 1. The first-order chi connectivity index (χ1) is 10.7. The van der Waals surface area contributed by atoms with Crippen molar-refractivity contribution in [2.45, 2.75) is 19.3 Å². The fourth-order valence-electron chi connectivity index (χ4n) is 2.07. The molecule has 1 heterocycles. The van der Waals surface area contributed by atoms with Gasteiger partial charge in [-0.3, -0.25) is 9.59 Å². The van der Waals surface area contributed by atoms with Gasteiger partial charge in [0.25, 0.3) is 5.24 Å². The van der Waals surface area contributed by atoms with Gasteiger partial charge in [0.1, 0.15) is 12.3 Å². The third kappa shape index (κ3) is 5.34. The molecule has 1 fully saturated rings. The van der Waals surface area contributed by atoms with E-state index in [0.29, 0.717) is 17.9 Å². The molecule has 1 aromatic carbocycles. The van der Waals surface area contributed by atoms with Crippen LogP contribution in [-0.4, -0.2) is 41.3 Å². The molecule has 0 saturated carbocycles. The molecule has 1 aliphatic rings. The number of alkyl halides is 3. The number of benzene rings is 1. The number of thioether (sulfide) groups is 1. The second kappa shape index (κ2) is 7.12. The van der Waals surface area contributed by atoms with E-state index < -0.39 is 12.4 Å². The Labute approximate surface area is 135 Å². The molecule has 9 heteroatoms. The van der Waals surface area contributed by atoms with E-state index in [1.54, 1.807) is 6.92 Å². The molecular weight excluding hydrogens is 333 g/mol. The van der Waals surface area contributed by atoms with Crippen LogP contribution in [0.15, 0.2) is 24.3 Å². The van der Waals surface area contributed by atoms with Crippen LogP contribution >= 0.6 is 11.8 Å². The predicted molar refractivity (Wildman–Crippen MR) is 79.1 cm³/mol. The summed E-state index contributed by atoms with van der Waals surface area (Å²) < 4.78 is 40.0. The van der Waals surface area contributed by atoms with Crippen LogP contribution < -0.4 is 10.1 Å². The topological polar surface area (TPSA) is 58.6 Å². The standard InChI is InChI=1S/C14H15F3N2O3S/c1-9(18-12(20)8-19-6-7-23-13(19)21)10-2-4-11(5-3-10)22-14(15,16)17/h2-5,9H,6-8H2,1H3,(H,18,20)/t9-/m1/s1. The van der Waals surface area contributed by atoms with Crippen LogP contribution in [0.2, 0.25) is 0 Å². The number of nitrogens with zero attached hydrogens (tertiary/aromatic N) is 1. The zero-order valence-electron chi connectivity index (χ0n) is 12.2. The Morgan fingerprint density at radius 2 is 2.04 bits per heavy atom. The third-order valence-electron chi connectivity index (χ3n) is 3.17. The first-order valence-corrected chi connectivity index (χ1v) is 7.80. The Morgan fingerprint density at radius 1 is 1.39 bits per heavy atom. The van der Waals surface area contributed by atoms with Crippen molar-refractivity contribution in [1.82, 2.24) is 10.2 Å². The van der Waals surface area contributed by atoms with E-state index in [2.05, 4.69) is 10.1 Å². The number of carbonyl (C=O) groups is 2. The molecule has 1 aliphatic heterocycles. The van der Waals surface area contributed by atoms with E-state index in [1.165, 1.54) is 40.9 Å². The average molecular weight is 348 g/mol. The number of hydrogen-bond donors (Lipinski definition) is 1. The molecule has 1 saturated heterocycles. The summed E-state index contributed by atoms with van der Waals surface area (Å²) in [4.78, 5) is 24.8. The summed E-state index contributed by atoms with van der Waals surface area (Å²) in [6.45, 7) is 2.22. The summed E-state index contributed by atoms with van der Waals surface area (Å²) in [6.07, 6.45) is -4.73. The van der Waals surface area contributed by atoms with Gasteiger partial charge < -0.3 is 15.0 Å². The minimum absolute atomic E-state index is 0.0224. The van der Waals surface area contributed by atoms with Gasteiger partial charge in [-0.15, -0.1) is 13.2 Å². The maximum atomic E-state index is 12.1. The zero-order valence-corrected chi connectivity index (χ0v) is 13.0. The highest BCUT2D eigenvalue weighted by Crippen LogP contribution is 2.24. The summed E-state index contributed by atoms with van der Waals surface area (Å²) in [5.41, 5.74) is 0.634. The molecule has 2 amide bonds. The summed E-state index contributed by atoms with van der Waals surface area (Å²) in [5.74, 6) is 0.0333. The van der Waals surface area contributed by atoms with Gasteiger partial charge in [0.15, 0.2) is 0 Å². The lowest BCUT2D eigenvalue weighted by Crippen LogP contribution is -2.38. The summed E-state index contributed by atoms with van der Waals surface area (Å²) >= 11 is 1.17. The highest BCUT2D eigenvalue weighted by atomic mass is 32.2. The summed E-state index contributed by atoms with van der Waals surface area (Å²) in [6, 6.07) is 4.87. The molecule has 0 unspecified atom stereocenters. The number of hydrogen-bond acceptors (Lipinski definition) is 4. The summed E-state index contributed by atoms with van der Waals surface area (Å²) in [5, 5.41) is 2.58. The second-order valence-corrected chi connectivity index (χ2v) is 5.99. The van der Waals surface area contributed by atoms with Gasteiger partial charge >= 0.3 is 6.36 Å². The third-order valence-corrected chi connectivity index (χ3v) is 4.06. The van der Waals surface area contributed by atoms with Crippen LogP contribution in [0.4, 0.5) is 18.0 Å². The maximum absolute atomic E-state index is 12.1. The quantitative estimate of drug-likeness (QED) is 0.889. The Balaban J connectivity index is 1.88. The number of halogens is 3. The van der Waals surface area contributed by atoms with Gasteiger partial charge in [0, 0.05) is 12.3 Å². The molecule has 1 atom stereocenters. The lowest BCUT2D eigenvalue weighted by atomic mass is 10.1. The second-order valence-electron chi connectivity index (χ2n) is 4.94. The van der Waals surface area contributed by atoms with Gasteiger partial charge in [0.05, 0.1) is 6.04 Å². The molecule has 1 aromatic rings. The molecule has 126 valence electrons.